The predicted molar refractivity (Wildman–Crippen MR) is 417 cm³/mol. The van der Waals surface area contributed by atoms with Crippen molar-refractivity contribution < 1.29 is 71.9 Å². The van der Waals surface area contributed by atoms with E-state index in [2.05, 4.69) is 74.6 Å². The fraction of sp³-hybridized carbons (Fsp3) is 0.600. The normalized spacial score (nSPS) is 20.1. The third-order valence-corrected chi connectivity index (χ3v) is 30.7. The molecule has 0 radical (unpaired) electrons. The van der Waals surface area contributed by atoms with Gasteiger partial charge in [0.1, 0.15) is 21.0 Å². The molecule has 4 heterocycles. The monoisotopic (exact) mass is 1600 g/mol. The highest BCUT2D eigenvalue weighted by molar-refractivity contribution is 7.91. The van der Waals surface area contributed by atoms with Crippen molar-refractivity contribution in [2.45, 2.75) is 214 Å². The van der Waals surface area contributed by atoms with E-state index in [0.29, 0.717) is 44.4 Å². The van der Waals surface area contributed by atoms with Crippen LogP contribution in [0.15, 0.2) is 34.4 Å². The van der Waals surface area contributed by atoms with E-state index >= 15 is 0 Å². The number of hydrogen-bond donors (Lipinski definition) is 11. The van der Waals surface area contributed by atoms with Crippen LogP contribution in [0.2, 0.25) is 0 Å². The molecule has 8 amide bonds. The highest BCUT2D eigenvalue weighted by atomic mass is 32.2. The molecule has 2 unspecified atom stereocenters. The number of benzene rings is 4. The lowest BCUT2D eigenvalue weighted by Gasteiger charge is -2.41. The van der Waals surface area contributed by atoms with Gasteiger partial charge in [-0.15, -0.1) is 0 Å². The van der Waals surface area contributed by atoms with Crippen LogP contribution >= 0.6 is 0 Å². The van der Waals surface area contributed by atoms with E-state index in [0.717, 1.165) is 188 Å². The number of aryl methyl sites for hydroxylation is 8. The minimum Gasteiger partial charge on any atom is -0.411 e. The van der Waals surface area contributed by atoms with Crippen LogP contribution < -0.4 is 45.9 Å². The number of rotatable bonds is 18. The standard InChI is InChI=1S/C19H25F2N3O3S.C19H26N4O4S.C19H27N3O4S.C18H25N5O3S/c1-11(18(20)21)24-9-14(10-24)28(26,27)23-19(25)22-17-15-6-2-4-12(15)8-13-5-3-7-16(13)17;1-12(21-25)9-23-10-15(11-23)28(26,27)22-19(24)20-18-16-6-2-4-13(16)8-14-5-3-7-17(14)18;1-12(11-23)22-9-15(10-22)27(25,26)21-19(24)20-18-16-6-2-4-13(16)8-14-5-3-7-17(14)18;1-20-17(19)23-9-13(10-23)27(25,26)22-18(24)21-16-14-6-2-4-11(14)8-12-5-3-7-15(12)16/h8,11,14,18H,2-7,9-10H2,1H3,(H2,22,23,25);8,15,25H,2-7,9-11H2,1H3,(H2,20,22,24);8,12,15,23H,2-7,9-11H2,1H3,(H2,20,21,24);8,13H,2-7,9-10H2,1H3,(H2,19,20)(H2,21,22,24)/b;21-12-;;. The molecule has 2 atom stereocenters. The number of guanidine groups is 1. The van der Waals surface area contributed by atoms with Crippen molar-refractivity contribution in [1.82, 2.24) is 38.5 Å². The maximum Gasteiger partial charge on any atom is 0.332 e. The topological polar surface area (TPSA) is 405 Å². The van der Waals surface area contributed by atoms with Crippen molar-refractivity contribution in [3.8, 4) is 0 Å². The third-order valence-electron chi connectivity index (χ3n) is 24.1. The third kappa shape index (κ3) is 17.4. The van der Waals surface area contributed by atoms with E-state index in [1.807, 2.05) is 16.7 Å². The number of nitrogens with zero attached hydrogens (tertiary/aromatic N) is 6. The maximum atomic E-state index is 12.7. The molecule has 4 fully saturated rings. The highest BCUT2D eigenvalue weighted by Gasteiger charge is 2.45. The van der Waals surface area contributed by atoms with Gasteiger partial charge in [0.15, 0.2) is 5.96 Å². The van der Waals surface area contributed by atoms with Crippen LogP contribution in [0.25, 0.3) is 0 Å². The summed E-state index contributed by atoms with van der Waals surface area (Å²) in [7, 11) is -13.6. The van der Waals surface area contributed by atoms with Gasteiger partial charge in [0.05, 0.1) is 18.4 Å². The number of nitrogens with one attached hydrogen (secondary N) is 8. The summed E-state index contributed by atoms with van der Waals surface area (Å²) in [5.74, 6) is 0.307. The Morgan fingerprint density at radius 1 is 0.445 bits per heavy atom. The zero-order chi connectivity index (χ0) is 78.3. The highest BCUT2D eigenvalue weighted by Crippen LogP contribution is 2.43. The number of aliphatic hydroxyl groups is 1. The summed E-state index contributed by atoms with van der Waals surface area (Å²) in [6, 6.07) is 5.19. The van der Waals surface area contributed by atoms with E-state index < -0.39 is 97.7 Å². The average Bonchev–Trinajstić information content (AvgIpc) is 1.61. The molecule has 12 N–H and O–H groups in total. The van der Waals surface area contributed by atoms with Crippen LogP contribution in [0.5, 0.6) is 0 Å². The molecule has 0 aromatic heterocycles. The lowest BCUT2D eigenvalue weighted by atomic mass is 9.99. The van der Waals surface area contributed by atoms with Crippen LogP contribution in [0.1, 0.15) is 161 Å². The van der Waals surface area contributed by atoms with Crippen LogP contribution in [0, 0.1) is 0 Å². The van der Waals surface area contributed by atoms with Crippen LogP contribution in [0.4, 0.5) is 50.7 Å². The Hall–Kier alpha value is -7.80. The number of carbonyl (C=O) groups is 4. The van der Waals surface area contributed by atoms with Gasteiger partial charge in [0.25, 0.3) is 6.43 Å². The van der Waals surface area contributed by atoms with Gasteiger partial charge in [-0.05, 0) is 264 Å². The molecule has 8 aliphatic carbocycles. The zero-order valence-electron chi connectivity index (χ0n) is 62.8. The number of urea groups is 4. The average molecular weight is 1610 g/mol. The first-order valence-corrected chi connectivity index (χ1v) is 44.8. The Labute approximate surface area is 642 Å². The van der Waals surface area contributed by atoms with Crippen molar-refractivity contribution in [2.75, 3.05) is 93.8 Å². The number of nitrogens with two attached hydrogens (primary N) is 1. The van der Waals surface area contributed by atoms with E-state index in [1.165, 1.54) is 89.7 Å². The van der Waals surface area contributed by atoms with E-state index in [1.54, 1.807) is 18.9 Å². The maximum absolute atomic E-state index is 12.7. The Kier molecular flexibility index (Phi) is 24.2. The predicted octanol–water partition coefficient (Wildman–Crippen LogP) is 6.03. The minimum atomic E-state index is -3.91. The second-order valence-corrected chi connectivity index (χ2v) is 39.2. The van der Waals surface area contributed by atoms with Crippen molar-refractivity contribution in [3.05, 3.63) is 113 Å². The van der Waals surface area contributed by atoms with E-state index in [9.17, 15) is 61.6 Å². The van der Waals surface area contributed by atoms with E-state index in [4.69, 9.17) is 16.0 Å². The first kappa shape index (κ1) is 80.3. The fourth-order valence-electron chi connectivity index (χ4n) is 17.7. The molecule has 35 heteroatoms. The summed E-state index contributed by atoms with van der Waals surface area (Å²) in [5, 5.41) is 29.5. The van der Waals surface area contributed by atoms with Crippen molar-refractivity contribution in [1.29, 1.82) is 0 Å². The number of sulfonamides is 4. The van der Waals surface area contributed by atoms with Crippen molar-refractivity contribution in [3.63, 3.8) is 0 Å². The fourth-order valence-corrected chi connectivity index (χ4v) is 22.8. The SMILES string of the molecule is C/C(CN1CC(S(=O)(=O)NC(=O)Nc2c3c(cc4c2CCC4)CCC3)C1)=N/O.CC(C(F)F)N1CC(S(=O)(=O)NC(=O)Nc2c3c(cc4c2CCC4)CCC3)C1.CC(CO)N1CC(S(=O)(=O)NC(=O)Nc2c3c(cc4c2CCC4)CCC3)C1.CN=C(N)N1CC(S(=O)(=O)NC(=O)Nc2c3c(cc4c2CCC4)CCC3)C1. The summed E-state index contributed by atoms with van der Waals surface area (Å²) in [6.45, 7) is 7.06. The largest absolute Gasteiger partial charge is 0.411 e. The lowest BCUT2D eigenvalue weighted by Crippen LogP contribution is -2.62. The molecule has 0 bridgehead atoms. The number of alkyl halides is 2. The molecule has 4 aromatic carbocycles. The molecule has 4 saturated heterocycles. The molecule has 0 saturated carbocycles. The van der Waals surface area contributed by atoms with Gasteiger partial charge >= 0.3 is 24.1 Å². The van der Waals surface area contributed by atoms with Gasteiger partial charge in [-0.2, -0.15) is 0 Å². The molecule has 600 valence electrons. The van der Waals surface area contributed by atoms with Crippen molar-refractivity contribution in [2.24, 2.45) is 15.9 Å². The zero-order valence-corrected chi connectivity index (χ0v) is 66.1. The van der Waals surface area contributed by atoms with Crippen LogP contribution in [-0.4, -0.2) is 211 Å². The number of carbonyl (C=O) groups excluding carboxylic acids is 4. The molecule has 12 aliphatic rings. The Morgan fingerprint density at radius 2 is 0.700 bits per heavy atom. The molecule has 29 nitrogen and oxygen atoms in total. The Bertz CT molecular complexity index is 4680. The number of halogens is 2. The van der Waals surface area contributed by atoms with Crippen LogP contribution in [0.3, 0.4) is 0 Å². The van der Waals surface area contributed by atoms with Gasteiger partial charge in [0, 0.05) is 94.7 Å². The molecule has 110 heavy (non-hydrogen) atoms. The number of oxime groups is 1. The molecular weight excluding hydrogens is 1500 g/mol. The Morgan fingerprint density at radius 3 is 0.945 bits per heavy atom. The summed E-state index contributed by atoms with van der Waals surface area (Å²) >= 11 is 0. The summed E-state index contributed by atoms with van der Waals surface area (Å²) in [5.41, 5.74) is 29.0. The van der Waals surface area contributed by atoms with Gasteiger partial charge in [-0.1, -0.05) is 29.4 Å². The molecule has 0 spiro atoms. The van der Waals surface area contributed by atoms with E-state index in [-0.39, 0.29) is 38.8 Å². The number of aliphatic imine (C=N–C) groups is 1. The second-order valence-electron chi connectivity index (χ2n) is 31.4. The number of likely N-dealkylation sites (tertiary alicyclic amines) is 4. The molecule has 4 aromatic rings. The molecule has 16 rings (SSSR count). The summed E-state index contributed by atoms with van der Waals surface area (Å²) in [6.07, 6.45) is 21.4. The van der Waals surface area contributed by atoms with Gasteiger partial charge in [-0.3, -0.25) is 19.7 Å². The Balaban J connectivity index is 0.000000129. The van der Waals surface area contributed by atoms with Gasteiger partial charge in [0.2, 0.25) is 40.1 Å². The number of aliphatic hydroxyl groups excluding tert-OH is 1. The lowest BCUT2D eigenvalue weighted by molar-refractivity contribution is 0.00657. The van der Waals surface area contributed by atoms with Gasteiger partial charge in [-0.25, -0.2) is 80.5 Å². The summed E-state index contributed by atoms with van der Waals surface area (Å²) < 4.78 is 134. The van der Waals surface area contributed by atoms with Gasteiger partial charge < -0.3 is 42.2 Å². The van der Waals surface area contributed by atoms with Crippen LogP contribution in [-0.2, 0) is 143 Å². The molecular formula is C75H103F2N15O14S4. The van der Waals surface area contributed by atoms with Crippen molar-refractivity contribution >= 4 is 98.6 Å². The number of amides is 8. The smallest absolute Gasteiger partial charge is 0.332 e. The minimum absolute atomic E-state index is 0.00422. The second kappa shape index (κ2) is 33.1. The number of anilines is 4. The first-order valence-electron chi connectivity index (χ1n) is 38.6. The molecule has 4 aliphatic heterocycles. The number of fused-ring (bicyclic) bond motifs is 8. The summed E-state index contributed by atoms with van der Waals surface area (Å²) in [4.78, 5) is 60.6. The quantitative estimate of drug-likeness (QED) is 0.0234. The number of hydrogen-bond acceptors (Lipinski definition) is 19. The first-order chi connectivity index (χ1) is 52.4.